The molecule has 214 valence electrons. The molecule has 0 spiro atoms. The molecular formula is C32H44N4O4+2. The largest absolute Gasteiger partial charge is 0.335 e. The summed E-state index contributed by atoms with van der Waals surface area (Å²) in [6.45, 7) is 6.13. The molecule has 2 fully saturated rings. The first-order valence-corrected chi connectivity index (χ1v) is 15.4. The third kappa shape index (κ3) is 7.15. The van der Waals surface area contributed by atoms with Crippen LogP contribution >= 0.6 is 0 Å². The van der Waals surface area contributed by atoms with E-state index in [1.807, 2.05) is 0 Å². The zero-order valence-electron chi connectivity index (χ0n) is 23.6. The van der Waals surface area contributed by atoms with Crippen LogP contribution in [0.1, 0.15) is 84.9 Å². The van der Waals surface area contributed by atoms with Gasteiger partial charge in [-0.3, -0.25) is 19.2 Å². The van der Waals surface area contributed by atoms with Crippen LogP contribution in [0.25, 0.3) is 0 Å². The number of fused-ring (bicyclic) bond motifs is 2. The number of allylic oxidation sites excluding steroid dienone is 3. The van der Waals surface area contributed by atoms with Gasteiger partial charge in [0.15, 0.2) is 11.6 Å². The van der Waals surface area contributed by atoms with Gasteiger partial charge in [-0.1, -0.05) is 6.08 Å². The number of Topliss-reactive ketones (excluding diaryl/α,β-unsaturated/α-hetero) is 2. The van der Waals surface area contributed by atoms with Gasteiger partial charge in [-0.25, -0.2) is 0 Å². The summed E-state index contributed by atoms with van der Waals surface area (Å²) in [5.74, 6) is -1.62. The number of amides is 2. The zero-order chi connectivity index (χ0) is 27.9. The van der Waals surface area contributed by atoms with Crippen molar-refractivity contribution in [1.29, 1.82) is 0 Å². The molecule has 0 saturated carbocycles. The molecule has 2 atom stereocenters. The highest BCUT2D eigenvalue weighted by Crippen LogP contribution is 2.36. The minimum atomic E-state index is -0.631. The molecule has 2 amide bonds. The topological polar surface area (TPSA) is 101 Å². The molecule has 4 aliphatic rings. The molecule has 40 heavy (non-hydrogen) atoms. The van der Waals surface area contributed by atoms with E-state index in [9.17, 15) is 19.2 Å². The van der Waals surface area contributed by atoms with Crippen molar-refractivity contribution in [3.63, 3.8) is 0 Å². The summed E-state index contributed by atoms with van der Waals surface area (Å²) in [6, 6.07) is 5.00. The Hall–Kier alpha value is -3.10. The highest BCUT2D eigenvalue weighted by Gasteiger charge is 2.40. The Morgan fingerprint density at radius 2 is 1.25 bits per heavy atom. The van der Waals surface area contributed by atoms with Gasteiger partial charge in [-0.05, 0) is 81.7 Å². The van der Waals surface area contributed by atoms with Crippen LogP contribution in [0, 0.1) is 11.8 Å². The molecule has 2 saturated heterocycles. The van der Waals surface area contributed by atoms with Gasteiger partial charge >= 0.3 is 0 Å². The van der Waals surface area contributed by atoms with Crippen molar-refractivity contribution in [2.45, 2.75) is 64.2 Å². The van der Waals surface area contributed by atoms with Crippen molar-refractivity contribution in [1.82, 2.24) is 5.32 Å². The van der Waals surface area contributed by atoms with Gasteiger partial charge in [0.1, 0.15) is 0 Å². The minimum Gasteiger partial charge on any atom is -0.335 e. The molecule has 8 nitrogen and oxygen atoms in total. The summed E-state index contributed by atoms with van der Waals surface area (Å²) in [4.78, 5) is 55.0. The standard InChI is InChI=1S/C32H42N4O4/c37-29(13-19-35-15-5-1-2-6-16-35)33-23-9-11-25-27(21-23)31(39)26-12-10-24(22-28(26)32(25)40)34-30(38)14-20-36-17-7-3-4-8-18-36/h9-12,21-22,25,27H,1-8,13-20H2,(H,33,37)(H,34,38)/p+2. The maximum absolute atomic E-state index is 13.4. The first-order chi connectivity index (χ1) is 19.5. The fourth-order valence-electron chi connectivity index (χ4n) is 6.64. The lowest BCUT2D eigenvalue weighted by molar-refractivity contribution is -0.898. The second kappa shape index (κ2) is 13.5. The number of benzene rings is 1. The SMILES string of the molecule is O=C(CC[NH+]1CCCCCC1)NC1=CC2C(=O)c3ccc(NC(=O)CC[NH+]4CCCCCC4)cc3C(=O)C2C=C1. The van der Waals surface area contributed by atoms with Crippen LogP contribution in [-0.4, -0.2) is 62.6 Å². The number of anilines is 1. The molecule has 4 N–H and O–H groups in total. The van der Waals surface area contributed by atoms with Crippen LogP contribution in [0.2, 0.25) is 0 Å². The van der Waals surface area contributed by atoms with E-state index in [4.69, 9.17) is 0 Å². The second-order valence-corrected chi connectivity index (χ2v) is 11.9. The van der Waals surface area contributed by atoms with Gasteiger partial charge in [-0.15, -0.1) is 0 Å². The van der Waals surface area contributed by atoms with E-state index in [2.05, 4.69) is 10.6 Å². The van der Waals surface area contributed by atoms with E-state index in [1.165, 1.54) is 61.2 Å². The van der Waals surface area contributed by atoms with Gasteiger partial charge in [0, 0.05) is 22.5 Å². The number of nitrogens with one attached hydrogen (secondary N) is 4. The molecule has 0 aromatic heterocycles. The molecule has 1 aromatic rings. The van der Waals surface area contributed by atoms with E-state index in [-0.39, 0.29) is 23.4 Å². The van der Waals surface area contributed by atoms with Crippen LogP contribution in [0.3, 0.4) is 0 Å². The number of ketones is 2. The van der Waals surface area contributed by atoms with Crippen molar-refractivity contribution < 1.29 is 29.0 Å². The van der Waals surface area contributed by atoms with Gasteiger partial charge in [0.05, 0.1) is 63.9 Å². The number of carbonyl (C=O) groups is 4. The fraction of sp³-hybridized carbons (Fsp3) is 0.562. The summed E-state index contributed by atoms with van der Waals surface area (Å²) in [5, 5.41) is 5.87. The zero-order valence-corrected chi connectivity index (χ0v) is 23.6. The minimum absolute atomic E-state index is 0.0566. The number of likely N-dealkylation sites (tertiary alicyclic amines) is 2. The summed E-state index contributed by atoms with van der Waals surface area (Å²) < 4.78 is 0. The lowest BCUT2D eigenvalue weighted by Crippen LogP contribution is -3.12. The summed E-state index contributed by atoms with van der Waals surface area (Å²) >= 11 is 0. The molecule has 2 aliphatic heterocycles. The normalized spacial score (nSPS) is 23.9. The van der Waals surface area contributed by atoms with Gasteiger partial charge in [0.25, 0.3) is 0 Å². The molecule has 2 unspecified atom stereocenters. The lowest BCUT2D eigenvalue weighted by Gasteiger charge is -2.30. The smallest absolute Gasteiger partial charge is 0.230 e. The molecular weight excluding hydrogens is 504 g/mol. The van der Waals surface area contributed by atoms with E-state index in [1.54, 1.807) is 36.4 Å². The monoisotopic (exact) mass is 548 g/mol. The van der Waals surface area contributed by atoms with Crippen LogP contribution in [0.5, 0.6) is 0 Å². The number of rotatable bonds is 8. The Labute approximate surface area is 237 Å². The highest BCUT2D eigenvalue weighted by molar-refractivity contribution is 6.18. The predicted molar refractivity (Wildman–Crippen MR) is 153 cm³/mol. The summed E-state index contributed by atoms with van der Waals surface area (Å²) in [7, 11) is 0. The predicted octanol–water partition coefficient (Wildman–Crippen LogP) is 1.50. The quantitative estimate of drug-likeness (QED) is 0.396. The number of hydrogen-bond acceptors (Lipinski definition) is 4. The van der Waals surface area contributed by atoms with Gasteiger partial charge in [0.2, 0.25) is 11.8 Å². The molecule has 1 aromatic carbocycles. The second-order valence-electron chi connectivity index (χ2n) is 11.9. The van der Waals surface area contributed by atoms with E-state index in [0.717, 1.165) is 39.3 Å². The number of carbonyl (C=O) groups excluding carboxylic acids is 4. The molecule has 0 radical (unpaired) electrons. The number of hydrogen-bond donors (Lipinski definition) is 4. The summed E-state index contributed by atoms with van der Waals surface area (Å²) in [6.07, 6.45) is 16.1. The third-order valence-corrected chi connectivity index (χ3v) is 8.99. The lowest BCUT2D eigenvalue weighted by atomic mass is 9.72. The fourth-order valence-corrected chi connectivity index (χ4v) is 6.64. The Bertz CT molecular complexity index is 1170. The van der Waals surface area contributed by atoms with Crippen molar-refractivity contribution in [3.05, 3.63) is 53.3 Å². The Morgan fingerprint density at radius 1 is 0.700 bits per heavy atom. The summed E-state index contributed by atoms with van der Waals surface area (Å²) in [5.41, 5.74) is 1.86. The Balaban J connectivity index is 1.17. The third-order valence-electron chi connectivity index (χ3n) is 8.99. The van der Waals surface area contributed by atoms with Crippen LogP contribution in [0.4, 0.5) is 5.69 Å². The molecule has 0 bridgehead atoms. The average Bonchev–Trinajstić information content (AvgIpc) is 3.39. The molecule has 2 aliphatic carbocycles. The van der Waals surface area contributed by atoms with Crippen LogP contribution < -0.4 is 20.4 Å². The Morgan fingerprint density at radius 3 is 1.85 bits per heavy atom. The first-order valence-electron chi connectivity index (χ1n) is 15.4. The van der Waals surface area contributed by atoms with E-state index >= 15 is 0 Å². The van der Waals surface area contributed by atoms with Gasteiger partial charge in [-0.2, -0.15) is 0 Å². The maximum Gasteiger partial charge on any atom is 0.230 e. The molecule has 5 rings (SSSR count). The molecule has 2 heterocycles. The number of quaternary nitrogens is 2. The van der Waals surface area contributed by atoms with Crippen molar-refractivity contribution in [3.8, 4) is 0 Å². The molecule has 8 heteroatoms. The highest BCUT2D eigenvalue weighted by atomic mass is 16.2. The van der Waals surface area contributed by atoms with Crippen molar-refractivity contribution in [2.75, 3.05) is 44.6 Å². The maximum atomic E-state index is 13.4. The Kier molecular flexibility index (Phi) is 9.60. The van der Waals surface area contributed by atoms with Crippen molar-refractivity contribution >= 4 is 29.1 Å². The van der Waals surface area contributed by atoms with Gasteiger partial charge < -0.3 is 20.4 Å². The van der Waals surface area contributed by atoms with Crippen molar-refractivity contribution in [2.24, 2.45) is 11.8 Å². The first kappa shape index (κ1) is 28.4. The van der Waals surface area contributed by atoms with E-state index in [0.29, 0.717) is 35.4 Å². The average molecular weight is 549 g/mol. The van der Waals surface area contributed by atoms with E-state index < -0.39 is 11.8 Å². The van der Waals surface area contributed by atoms with Crippen LogP contribution in [-0.2, 0) is 9.59 Å². The van der Waals surface area contributed by atoms with Crippen LogP contribution in [0.15, 0.2) is 42.1 Å².